The lowest BCUT2D eigenvalue weighted by molar-refractivity contribution is -0.275. The Bertz CT molecular complexity index is 1070. The lowest BCUT2D eigenvalue weighted by Crippen LogP contribution is -2.58. The number of para-hydroxylation sites is 1. The molecule has 202 valence electrons. The first-order valence-electron chi connectivity index (χ1n) is 12.6. The summed E-state index contributed by atoms with van der Waals surface area (Å²) in [5.74, 6) is -1.68. The van der Waals surface area contributed by atoms with Gasteiger partial charge in [0.25, 0.3) is 0 Å². The number of carboxylic acids is 1. The van der Waals surface area contributed by atoms with Gasteiger partial charge in [-0.2, -0.15) is 0 Å². The predicted octanol–water partition coefficient (Wildman–Crippen LogP) is 7.13. The molecule has 0 fully saturated rings. The van der Waals surface area contributed by atoms with Gasteiger partial charge in [-0.1, -0.05) is 63.3 Å². The van der Waals surface area contributed by atoms with Crippen molar-refractivity contribution in [3.63, 3.8) is 0 Å². The summed E-state index contributed by atoms with van der Waals surface area (Å²) in [7, 11) is -0.808. The molecule has 1 aliphatic carbocycles. The van der Waals surface area contributed by atoms with Crippen LogP contribution in [0, 0.1) is 5.92 Å². The van der Waals surface area contributed by atoms with Gasteiger partial charge < -0.3 is 19.0 Å². The summed E-state index contributed by atoms with van der Waals surface area (Å²) in [5.41, 5.74) is -0.975. The molecule has 2 aromatic carbocycles. The number of alkyl halides is 3. The minimum absolute atomic E-state index is 0.0288. The summed E-state index contributed by atoms with van der Waals surface area (Å²) in [6.45, 7) is 6.09. The highest BCUT2D eigenvalue weighted by molar-refractivity contribution is 6.73. The second kappa shape index (κ2) is 11.7. The smallest absolute Gasteiger partial charge is 0.497 e. The summed E-state index contributed by atoms with van der Waals surface area (Å²) in [4.78, 5) is 13.4. The van der Waals surface area contributed by atoms with Crippen LogP contribution in [0.25, 0.3) is 0 Å². The van der Waals surface area contributed by atoms with Crippen LogP contribution < -0.4 is 9.47 Å². The topological polar surface area (TPSA) is 65.0 Å². The van der Waals surface area contributed by atoms with Crippen molar-refractivity contribution in [3.8, 4) is 11.5 Å². The predicted molar refractivity (Wildman–Crippen MR) is 138 cm³/mol. The Morgan fingerprint density at radius 1 is 1.05 bits per heavy atom. The van der Waals surface area contributed by atoms with Gasteiger partial charge in [0.05, 0.1) is 13.2 Å². The van der Waals surface area contributed by atoms with Crippen molar-refractivity contribution in [1.82, 2.24) is 0 Å². The Hall–Kier alpha value is -2.78. The summed E-state index contributed by atoms with van der Waals surface area (Å²) in [5, 5.41) is 10.9. The number of halogens is 3. The second-order valence-electron chi connectivity index (χ2n) is 9.41. The fraction of sp³-hybridized carbons (Fsp3) is 0.464. The van der Waals surface area contributed by atoms with Crippen molar-refractivity contribution in [3.05, 3.63) is 71.8 Å². The van der Waals surface area contributed by atoms with Crippen molar-refractivity contribution in [2.24, 2.45) is 5.92 Å². The zero-order valence-electron chi connectivity index (χ0n) is 21.7. The van der Waals surface area contributed by atoms with Crippen LogP contribution in [0.3, 0.4) is 0 Å². The molecule has 0 aliphatic heterocycles. The van der Waals surface area contributed by atoms with E-state index in [-0.39, 0.29) is 5.56 Å². The fourth-order valence-electron chi connectivity index (χ4n) is 5.44. The molecule has 2 aromatic rings. The largest absolute Gasteiger partial charge is 0.573 e. The van der Waals surface area contributed by atoms with Gasteiger partial charge in [-0.3, -0.25) is 4.79 Å². The highest BCUT2D eigenvalue weighted by Gasteiger charge is 2.57. The van der Waals surface area contributed by atoms with E-state index in [1.54, 1.807) is 31.4 Å². The van der Waals surface area contributed by atoms with Crippen LogP contribution in [0.5, 0.6) is 11.5 Å². The molecule has 5 nitrogen and oxygen atoms in total. The van der Waals surface area contributed by atoms with Crippen LogP contribution >= 0.6 is 0 Å². The monoisotopic (exact) mass is 536 g/mol. The van der Waals surface area contributed by atoms with Crippen molar-refractivity contribution >= 4 is 14.3 Å². The van der Waals surface area contributed by atoms with Crippen LogP contribution in [0.15, 0.2) is 60.7 Å². The average molecular weight is 537 g/mol. The number of aliphatic carboxylic acids is 1. The zero-order chi connectivity index (χ0) is 27.3. The van der Waals surface area contributed by atoms with Crippen LogP contribution in [0.4, 0.5) is 13.2 Å². The molecule has 9 heteroatoms. The molecule has 0 spiro atoms. The number of hydrogen-bond acceptors (Lipinski definition) is 4. The molecule has 1 N–H and O–H groups in total. The summed E-state index contributed by atoms with van der Waals surface area (Å²) in [6, 6.07) is 15.1. The van der Waals surface area contributed by atoms with Gasteiger partial charge in [0.15, 0.2) is 8.32 Å². The standard InChI is InChI=1S/C28H35F3O5Si/c1-5-37(6-2,7-3)36-25-14-10-11-21(19-20-15-17-22(34-4)18-16-20)27(25,26(32)33)23-12-8-9-13-24(23)35-28(29,30)31/h8-10,12-18,21,25H,5-7,11,19H2,1-4H3,(H,32,33). The third-order valence-electron chi connectivity index (χ3n) is 7.69. The maximum atomic E-state index is 13.4. The van der Waals surface area contributed by atoms with Crippen LogP contribution in [0.2, 0.25) is 18.1 Å². The van der Waals surface area contributed by atoms with E-state index in [0.717, 1.165) is 23.7 Å². The van der Waals surface area contributed by atoms with E-state index in [1.807, 2.05) is 39.0 Å². The Labute approximate surface area is 217 Å². The lowest BCUT2D eigenvalue weighted by Gasteiger charge is -2.48. The van der Waals surface area contributed by atoms with E-state index >= 15 is 0 Å². The third kappa shape index (κ3) is 6.04. The van der Waals surface area contributed by atoms with Gasteiger partial charge >= 0.3 is 12.3 Å². The van der Waals surface area contributed by atoms with Crippen molar-refractivity contribution in [2.75, 3.05) is 7.11 Å². The number of rotatable bonds is 11. The van der Waals surface area contributed by atoms with E-state index in [1.165, 1.54) is 18.2 Å². The first-order chi connectivity index (χ1) is 17.5. The van der Waals surface area contributed by atoms with E-state index in [9.17, 15) is 23.1 Å². The maximum Gasteiger partial charge on any atom is 0.573 e. The minimum atomic E-state index is -4.98. The van der Waals surface area contributed by atoms with Crippen LogP contribution in [-0.4, -0.2) is 39.0 Å². The molecule has 3 rings (SSSR count). The number of carboxylic acid groups (broad SMARTS) is 1. The molecule has 0 amide bonds. The summed E-state index contributed by atoms with van der Waals surface area (Å²) in [6.07, 6.45) is -1.63. The highest BCUT2D eigenvalue weighted by Crippen LogP contribution is 2.50. The van der Waals surface area contributed by atoms with Gasteiger partial charge in [0.1, 0.15) is 16.9 Å². The van der Waals surface area contributed by atoms with E-state index < -0.39 is 43.8 Å². The number of allylic oxidation sites excluding steroid dienone is 1. The molecule has 0 heterocycles. The fourth-order valence-corrected chi connectivity index (χ4v) is 8.24. The molecular weight excluding hydrogens is 501 g/mol. The van der Waals surface area contributed by atoms with Crippen LogP contribution in [0.1, 0.15) is 38.3 Å². The van der Waals surface area contributed by atoms with Crippen LogP contribution in [-0.2, 0) is 21.1 Å². The number of ether oxygens (including phenoxy) is 2. The van der Waals surface area contributed by atoms with E-state index in [0.29, 0.717) is 18.6 Å². The van der Waals surface area contributed by atoms with Crippen molar-refractivity contribution in [2.45, 2.75) is 69.6 Å². The van der Waals surface area contributed by atoms with Gasteiger partial charge in [-0.05, 0) is 60.7 Å². The van der Waals surface area contributed by atoms with Gasteiger partial charge in [-0.15, -0.1) is 13.2 Å². The molecule has 0 saturated heterocycles. The first kappa shape index (κ1) is 28.8. The number of carbonyl (C=O) groups is 1. The Kier molecular flexibility index (Phi) is 9.12. The molecule has 0 aromatic heterocycles. The van der Waals surface area contributed by atoms with Crippen molar-refractivity contribution in [1.29, 1.82) is 0 Å². The molecule has 0 saturated carbocycles. The molecule has 0 radical (unpaired) electrons. The molecule has 37 heavy (non-hydrogen) atoms. The average Bonchev–Trinajstić information content (AvgIpc) is 2.87. The zero-order valence-corrected chi connectivity index (χ0v) is 22.7. The minimum Gasteiger partial charge on any atom is -0.497 e. The molecule has 1 aliphatic rings. The Balaban J connectivity index is 2.23. The number of methoxy groups -OCH3 is 1. The Morgan fingerprint density at radius 3 is 2.22 bits per heavy atom. The normalized spacial score (nSPS) is 22.0. The lowest BCUT2D eigenvalue weighted by atomic mass is 9.61. The van der Waals surface area contributed by atoms with E-state index in [2.05, 4.69) is 4.74 Å². The van der Waals surface area contributed by atoms with Gasteiger partial charge in [0.2, 0.25) is 0 Å². The molecule has 0 bridgehead atoms. The quantitative estimate of drug-likeness (QED) is 0.245. The molecular formula is C28H35F3O5Si. The highest BCUT2D eigenvalue weighted by atomic mass is 28.4. The molecule has 3 unspecified atom stereocenters. The first-order valence-corrected chi connectivity index (χ1v) is 15.1. The number of hydrogen-bond donors (Lipinski definition) is 1. The van der Waals surface area contributed by atoms with Gasteiger partial charge in [0, 0.05) is 5.56 Å². The SMILES string of the molecule is CC[Si](CC)(CC)OC1C=CCC(Cc2ccc(OC)cc2)C1(C(=O)O)c1ccccc1OC(F)(F)F. The summed E-state index contributed by atoms with van der Waals surface area (Å²) >= 11 is 0. The van der Waals surface area contributed by atoms with E-state index in [4.69, 9.17) is 9.16 Å². The second-order valence-corrected chi connectivity index (χ2v) is 14.1. The molecule has 3 atom stereocenters. The number of benzene rings is 2. The Morgan fingerprint density at radius 2 is 1.68 bits per heavy atom. The summed E-state index contributed by atoms with van der Waals surface area (Å²) < 4.78 is 56.7. The van der Waals surface area contributed by atoms with Crippen molar-refractivity contribution < 1.29 is 37.0 Å². The maximum absolute atomic E-state index is 13.4. The third-order valence-corrected chi connectivity index (χ3v) is 12.3. The van der Waals surface area contributed by atoms with Gasteiger partial charge in [-0.25, -0.2) is 0 Å².